The van der Waals surface area contributed by atoms with Gasteiger partial charge < -0.3 is 10.3 Å². The van der Waals surface area contributed by atoms with E-state index in [-0.39, 0.29) is 12.2 Å². The summed E-state index contributed by atoms with van der Waals surface area (Å²) in [7, 11) is 0. The van der Waals surface area contributed by atoms with Crippen LogP contribution in [-0.4, -0.2) is 10.9 Å². The molecule has 1 heterocycles. The molecule has 0 aliphatic carbocycles. The Hall–Kier alpha value is -2.47. The van der Waals surface area contributed by atoms with E-state index in [1.165, 1.54) is 12.1 Å². The van der Waals surface area contributed by atoms with Crippen LogP contribution in [0.4, 0.5) is 13.2 Å². The lowest BCUT2D eigenvalue weighted by Gasteiger charge is -2.08. The highest BCUT2D eigenvalue weighted by Gasteiger charge is 2.29. The normalized spacial score (nSPS) is 11.7. The highest BCUT2D eigenvalue weighted by Crippen LogP contribution is 2.29. The van der Waals surface area contributed by atoms with Gasteiger partial charge in [0.2, 0.25) is 0 Å². The molecule has 1 aromatic heterocycles. The zero-order valence-electron chi connectivity index (χ0n) is 12.2. The van der Waals surface area contributed by atoms with E-state index in [0.29, 0.717) is 10.6 Å². The summed E-state index contributed by atoms with van der Waals surface area (Å²) < 4.78 is 37.5. The number of hydrogen-bond donors (Lipinski definition) is 2. The summed E-state index contributed by atoms with van der Waals surface area (Å²) in [5, 5.41) is 3.69. The molecule has 0 fully saturated rings. The number of carbonyl (C=O) groups is 1. The number of aromatic nitrogens is 1. The predicted molar refractivity (Wildman–Crippen MR) is 85.9 cm³/mol. The number of carbonyl (C=O) groups excluding carboxylic acids is 1. The van der Waals surface area contributed by atoms with Crippen molar-refractivity contribution in [2.45, 2.75) is 12.7 Å². The molecule has 2 N–H and O–H groups in total. The van der Waals surface area contributed by atoms with Gasteiger partial charge in [-0.2, -0.15) is 13.2 Å². The Bertz CT molecular complexity index is 885. The van der Waals surface area contributed by atoms with Crippen LogP contribution in [0.3, 0.4) is 0 Å². The van der Waals surface area contributed by atoms with Crippen molar-refractivity contribution in [2.75, 3.05) is 0 Å². The largest absolute Gasteiger partial charge is 0.416 e. The van der Waals surface area contributed by atoms with Crippen LogP contribution in [0.1, 0.15) is 21.6 Å². The molecule has 7 heteroatoms. The molecule has 0 unspecified atom stereocenters. The summed E-state index contributed by atoms with van der Waals surface area (Å²) in [4.78, 5) is 15.2. The van der Waals surface area contributed by atoms with Crippen molar-refractivity contribution in [1.82, 2.24) is 10.3 Å². The van der Waals surface area contributed by atoms with Crippen LogP contribution in [0, 0.1) is 0 Å². The number of nitrogens with one attached hydrogen (secondary N) is 2. The van der Waals surface area contributed by atoms with Crippen LogP contribution < -0.4 is 5.32 Å². The van der Waals surface area contributed by atoms with E-state index in [2.05, 4.69) is 10.3 Å². The molecule has 0 saturated heterocycles. The number of hydrogen-bond acceptors (Lipinski definition) is 1. The molecule has 0 spiro atoms. The number of amides is 1. The van der Waals surface area contributed by atoms with E-state index < -0.39 is 17.6 Å². The maximum Gasteiger partial charge on any atom is 0.416 e. The van der Waals surface area contributed by atoms with Gasteiger partial charge >= 0.3 is 6.18 Å². The van der Waals surface area contributed by atoms with Crippen molar-refractivity contribution >= 4 is 28.4 Å². The highest BCUT2D eigenvalue weighted by atomic mass is 35.5. The summed E-state index contributed by atoms with van der Waals surface area (Å²) in [5.41, 5.74) is 0.798. The van der Waals surface area contributed by atoms with E-state index in [9.17, 15) is 18.0 Å². The molecule has 0 aliphatic rings. The Morgan fingerprint density at radius 2 is 1.75 bits per heavy atom. The lowest BCUT2D eigenvalue weighted by atomic mass is 10.1. The molecular formula is C17H12ClF3N2O. The van der Waals surface area contributed by atoms with E-state index >= 15 is 0 Å². The van der Waals surface area contributed by atoms with Crippen molar-refractivity contribution < 1.29 is 18.0 Å². The van der Waals surface area contributed by atoms with Gasteiger partial charge in [-0.05, 0) is 23.8 Å². The van der Waals surface area contributed by atoms with E-state index in [1.54, 1.807) is 12.1 Å². The Labute approximate surface area is 140 Å². The van der Waals surface area contributed by atoms with Gasteiger partial charge in [0, 0.05) is 17.4 Å². The first kappa shape index (κ1) is 16.4. The molecule has 1 amide bonds. The van der Waals surface area contributed by atoms with Crippen LogP contribution >= 0.6 is 11.6 Å². The van der Waals surface area contributed by atoms with E-state index in [1.807, 2.05) is 12.1 Å². The monoisotopic (exact) mass is 352 g/mol. The lowest BCUT2D eigenvalue weighted by molar-refractivity contribution is -0.137. The van der Waals surface area contributed by atoms with Crippen molar-refractivity contribution in [3.63, 3.8) is 0 Å². The average molecular weight is 353 g/mol. The number of rotatable bonds is 3. The zero-order valence-corrected chi connectivity index (χ0v) is 13.0. The minimum atomic E-state index is -4.38. The fraction of sp³-hybridized carbons (Fsp3) is 0.118. The third kappa shape index (κ3) is 3.23. The number of alkyl halides is 3. The zero-order chi connectivity index (χ0) is 17.3. The van der Waals surface area contributed by atoms with Crippen LogP contribution in [-0.2, 0) is 12.7 Å². The number of fused-ring (bicyclic) bond motifs is 1. The van der Waals surface area contributed by atoms with Gasteiger partial charge in [-0.3, -0.25) is 4.79 Å². The average Bonchev–Trinajstić information content (AvgIpc) is 2.90. The summed E-state index contributed by atoms with van der Waals surface area (Å²) in [5.74, 6) is -0.420. The van der Waals surface area contributed by atoms with Crippen LogP contribution in [0.25, 0.3) is 10.9 Å². The van der Waals surface area contributed by atoms with Crippen LogP contribution in [0.2, 0.25) is 5.02 Å². The van der Waals surface area contributed by atoms with Crippen molar-refractivity contribution in [3.8, 4) is 0 Å². The standard InChI is InChI=1S/C17H12ClF3N2O/c18-14-12-3-1-2-4-13(12)23-15(14)16(24)22-9-10-5-7-11(8-6-10)17(19,20)21/h1-8,23H,9H2,(H,22,24). The molecule has 3 aromatic rings. The van der Waals surface area contributed by atoms with Gasteiger partial charge in [0.1, 0.15) is 5.69 Å². The van der Waals surface area contributed by atoms with Gasteiger partial charge in [-0.1, -0.05) is 41.9 Å². The number of aromatic amines is 1. The predicted octanol–water partition coefficient (Wildman–Crippen LogP) is 4.77. The summed E-state index contributed by atoms with van der Waals surface area (Å²) in [6, 6.07) is 11.8. The van der Waals surface area contributed by atoms with E-state index in [0.717, 1.165) is 23.0 Å². The molecular weight excluding hydrogens is 341 g/mol. The fourth-order valence-electron chi connectivity index (χ4n) is 2.35. The Morgan fingerprint density at radius 3 is 2.38 bits per heavy atom. The van der Waals surface area contributed by atoms with Crippen molar-refractivity contribution in [2.24, 2.45) is 0 Å². The quantitative estimate of drug-likeness (QED) is 0.700. The van der Waals surface area contributed by atoms with Crippen LogP contribution in [0.15, 0.2) is 48.5 Å². The first-order valence-corrected chi connectivity index (χ1v) is 7.44. The Balaban J connectivity index is 1.72. The molecule has 3 nitrogen and oxygen atoms in total. The molecule has 3 rings (SSSR count). The number of H-pyrrole nitrogens is 1. The SMILES string of the molecule is O=C(NCc1ccc(C(F)(F)F)cc1)c1[nH]c2ccccc2c1Cl. The minimum absolute atomic E-state index is 0.0999. The number of halogens is 4. The van der Waals surface area contributed by atoms with Gasteiger partial charge in [-0.15, -0.1) is 0 Å². The van der Waals surface area contributed by atoms with Crippen LogP contribution in [0.5, 0.6) is 0 Å². The molecule has 0 saturated carbocycles. The molecule has 124 valence electrons. The summed E-state index contributed by atoms with van der Waals surface area (Å²) in [6.07, 6.45) is -4.38. The summed E-state index contributed by atoms with van der Waals surface area (Å²) in [6.45, 7) is 0.0999. The maximum atomic E-state index is 12.5. The topological polar surface area (TPSA) is 44.9 Å². The molecule has 0 aliphatic heterocycles. The van der Waals surface area contributed by atoms with E-state index in [4.69, 9.17) is 11.6 Å². The third-order valence-corrected chi connectivity index (χ3v) is 4.00. The first-order valence-electron chi connectivity index (χ1n) is 7.07. The summed E-state index contributed by atoms with van der Waals surface area (Å²) >= 11 is 6.19. The second-order valence-electron chi connectivity index (χ2n) is 5.24. The Kier molecular flexibility index (Phi) is 4.24. The lowest BCUT2D eigenvalue weighted by Crippen LogP contribution is -2.23. The molecule has 0 bridgehead atoms. The Morgan fingerprint density at radius 1 is 1.08 bits per heavy atom. The fourth-order valence-corrected chi connectivity index (χ4v) is 2.64. The first-order chi connectivity index (χ1) is 11.4. The van der Waals surface area contributed by atoms with Gasteiger partial charge in [0.05, 0.1) is 10.6 Å². The second kappa shape index (κ2) is 6.20. The maximum absolute atomic E-state index is 12.5. The highest BCUT2D eigenvalue weighted by molar-refractivity contribution is 6.38. The minimum Gasteiger partial charge on any atom is -0.349 e. The molecule has 2 aromatic carbocycles. The molecule has 0 atom stereocenters. The number of para-hydroxylation sites is 1. The third-order valence-electron chi connectivity index (χ3n) is 3.60. The van der Waals surface area contributed by atoms with Gasteiger partial charge in [0.15, 0.2) is 0 Å². The second-order valence-corrected chi connectivity index (χ2v) is 5.61. The molecule has 24 heavy (non-hydrogen) atoms. The smallest absolute Gasteiger partial charge is 0.349 e. The van der Waals surface area contributed by atoms with Gasteiger partial charge in [0.25, 0.3) is 5.91 Å². The van der Waals surface area contributed by atoms with Crippen molar-refractivity contribution in [3.05, 3.63) is 70.4 Å². The van der Waals surface area contributed by atoms with Gasteiger partial charge in [-0.25, -0.2) is 0 Å². The molecule has 0 radical (unpaired) electrons. The number of benzene rings is 2. The van der Waals surface area contributed by atoms with Crippen molar-refractivity contribution in [1.29, 1.82) is 0 Å².